The molecule has 0 aliphatic rings. The smallest absolute Gasteiger partial charge is 0.251 e. The van der Waals surface area contributed by atoms with Crippen molar-refractivity contribution in [2.45, 2.75) is 24.0 Å². The summed E-state index contributed by atoms with van der Waals surface area (Å²) in [6.45, 7) is 2.81. The van der Waals surface area contributed by atoms with Gasteiger partial charge in [-0.2, -0.15) is 0 Å². The molecule has 0 aliphatic carbocycles. The van der Waals surface area contributed by atoms with Crippen molar-refractivity contribution in [3.05, 3.63) is 71.6 Å². The molecule has 30 heavy (non-hydrogen) atoms. The van der Waals surface area contributed by atoms with E-state index in [2.05, 4.69) is 10.3 Å². The van der Waals surface area contributed by atoms with E-state index in [1.165, 1.54) is 0 Å². The molecule has 158 valence electrons. The van der Waals surface area contributed by atoms with Crippen LogP contribution in [0.5, 0.6) is 0 Å². The third-order valence-corrected chi connectivity index (χ3v) is 6.17. The van der Waals surface area contributed by atoms with E-state index in [4.69, 9.17) is 9.15 Å². The van der Waals surface area contributed by atoms with Gasteiger partial charge < -0.3 is 14.5 Å². The summed E-state index contributed by atoms with van der Waals surface area (Å²) in [6.07, 6.45) is 0.741. The Morgan fingerprint density at radius 1 is 1.10 bits per heavy atom. The number of rotatable bonds is 9. The van der Waals surface area contributed by atoms with Gasteiger partial charge in [0.05, 0.1) is 10.6 Å². The van der Waals surface area contributed by atoms with Crippen LogP contribution in [0.4, 0.5) is 0 Å². The van der Waals surface area contributed by atoms with Crippen molar-refractivity contribution in [2.24, 2.45) is 0 Å². The first kappa shape index (κ1) is 21.7. The van der Waals surface area contributed by atoms with Crippen LogP contribution in [0.3, 0.4) is 0 Å². The van der Waals surface area contributed by atoms with Gasteiger partial charge in [0.15, 0.2) is 9.84 Å². The number of aryl methyl sites for hydroxylation is 1. The largest absolute Gasteiger partial charge is 0.441 e. The minimum absolute atomic E-state index is 0.170. The second-order valence-electron chi connectivity index (χ2n) is 6.77. The van der Waals surface area contributed by atoms with E-state index >= 15 is 0 Å². The van der Waals surface area contributed by atoms with Gasteiger partial charge in [0, 0.05) is 31.4 Å². The second kappa shape index (κ2) is 9.69. The summed E-state index contributed by atoms with van der Waals surface area (Å²) in [5.74, 6) is 0.354. The SMILES string of the molecule is COCCCNC(=O)c1ccc(-c2nc(CS(=O)(=O)c3ccccc3)c(C)o2)cc1. The van der Waals surface area contributed by atoms with Crippen LogP contribution in [-0.4, -0.2) is 39.6 Å². The average molecular weight is 429 g/mol. The highest BCUT2D eigenvalue weighted by Gasteiger charge is 2.21. The Labute approximate surface area is 176 Å². The van der Waals surface area contributed by atoms with E-state index in [0.29, 0.717) is 41.6 Å². The number of nitrogens with zero attached hydrogens (tertiary/aromatic N) is 1. The first-order valence-electron chi connectivity index (χ1n) is 9.52. The molecule has 7 nitrogen and oxygen atoms in total. The average Bonchev–Trinajstić information content (AvgIpc) is 3.11. The molecule has 1 aromatic heterocycles. The highest BCUT2D eigenvalue weighted by atomic mass is 32.2. The number of methoxy groups -OCH3 is 1. The summed E-state index contributed by atoms with van der Waals surface area (Å²) in [5.41, 5.74) is 1.55. The molecule has 0 spiro atoms. The molecule has 0 radical (unpaired) electrons. The van der Waals surface area contributed by atoms with Gasteiger partial charge in [0.25, 0.3) is 5.91 Å². The lowest BCUT2D eigenvalue weighted by atomic mass is 10.1. The van der Waals surface area contributed by atoms with E-state index in [1.807, 2.05) is 0 Å². The van der Waals surface area contributed by atoms with Crippen LogP contribution < -0.4 is 5.32 Å². The zero-order valence-corrected chi connectivity index (χ0v) is 17.7. The van der Waals surface area contributed by atoms with Gasteiger partial charge in [0.2, 0.25) is 5.89 Å². The summed E-state index contributed by atoms with van der Waals surface area (Å²) in [4.78, 5) is 16.8. The van der Waals surface area contributed by atoms with E-state index in [-0.39, 0.29) is 16.6 Å². The van der Waals surface area contributed by atoms with Crippen LogP contribution in [0.25, 0.3) is 11.5 Å². The normalized spacial score (nSPS) is 11.4. The minimum Gasteiger partial charge on any atom is -0.441 e. The molecule has 0 aliphatic heterocycles. The summed E-state index contributed by atoms with van der Waals surface area (Å²) in [7, 11) is -1.90. The quantitative estimate of drug-likeness (QED) is 0.525. The van der Waals surface area contributed by atoms with Crippen molar-refractivity contribution >= 4 is 15.7 Å². The van der Waals surface area contributed by atoms with Crippen molar-refractivity contribution in [1.29, 1.82) is 0 Å². The number of hydrogen-bond acceptors (Lipinski definition) is 6. The van der Waals surface area contributed by atoms with Gasteiger partial charge in [0.1, 0.15) is 11.5 Å². The molecule has 0 unspecified atom stereocenters. The zero-order valence-electron chi connectivity index (χ0n) is 16.9. The molecule has 2 aromatic carbocycles. The lowest BCUT2D eigenvalue weighted by Crippen LogP contribution is -2.25. The van der Waals surface area contributed by atoms with Crippen LogP contribution in [0.15, 0.2) is 63.9 Å². The van der Waals surface area contributed by atoms with E-state index < -0.39 is 9.84 Å². The Balaban J connectivity index is 1.71. The number of carbonyl (C=O) groups is 1. The maximum Gasteiger partial charge on any atom is 0.251 e. The molecule has 0 fully saturated rings. The molecular formula is C22H24N2O5S. The van der Waals surface area contributed by atoms with E-state index in [9.17, 15) is 13.2 Å². The first-order chi connectivity index (χ1) is 14.4. The summed E-state index contributed by atoms with van der Waals surface area (Å²) < 4.78 is 35.9. The molecule has 3 aromatic rings. The molecule has 1 N–H and O–H groups in total. The zero-order chi connectivity index (χ0) is 21.6. The predicted molar refractivity (Wildman–Crippen MR) is 113 cm³/mol. The number of carbonyl (C=O) groups excluding carboxylic acids is 1. The molecule has 1 amide bonds. The van der Waals surface area contributed by atoms with Crippen LogP contribution in [-0.2, 0) is 20.3 Å². The van der Waals surface area contributed by atoms with Crippen LogP contribution in [0, 0.1) is 6.92 Å². The Morgan fingerprint density at radius 2 is 1.80 bits per heavy atom. The van der Waals surface area contributed by atoms with Crippen LogP contribution >= 0.6 is 0 Å². The van der Waals surface area contributed by atoms with Crippen molar-refractivity contribution < 1.29 is 22.4 Å². The summed E-state index contributed by atoms with van der Waals surface area (Å²) >= 11 is 0. The third kappa shape index (κ3) is 5.34. The van der Waals surface area contributed by atoms with Gasteiger partial charge in [-0.15, -0.1) is 0 Å². The van der Waals surface area contributed by atoms with E-state index in [0.717, 1.165) is 6.42 Å². The highest BCUT2D eigenvalue weighted by Crippen LogP contribution is 2.25. The number of amides is 1. The van der Waals surface area contributed by atoms with Crippen LogP contribution in [0.1, 0.15) is 28.2 Å². The Morgan fingerprint density at radius 3 is 2.47 bits per heavy atom. The van der Waals surface area contributed by atoms with Crippen molar-refractivity contribution in [1.82, 2.24) is 10.3 Å². The topological polar surface area (TPSA) is 98.5 Å². The van der Waals surface area contributed by atoms with Gasteiger partial charge in [-0.05, 0) is 49.7 Å². The number of hydrogen-bond donors (Lipinski definition) is 1. The molecule has 1 heterocycles. The van der Waals surface area contributed by atoms with Crippen molar-refractivity contribution in [2.75, 3.05) is 20.3 Å². The second-order valence-corrected chi connectivity index (χ2v) is 8.76. The van der Waals surface area contributed by atoms with Gasteiger partial charge in [-0.1, -0.05) is 18.2 Å². The maximum absolute atomic E-state index is 12.6. The van der Waals surface area contributed by atoms with Crippen molar-refractivity contribution in [3.63, 3.8) is 0 Å². The molecule has 8 heteroatoms. The number of nitrogens with one attached hydrogen (secondary N) is 1. The fourth-order valence-corrected chi connectivity index (χ4v) is 4.23. The summed E-state index contributed by atoms with van der Waals surface area (Å²) in [6, 6.07) is 15.1. The van der Waals surface area contributed by atoms with Crippen molar-refractivity contribution in [3.8, 4) is 11.5 Å². The summed E-state index contributed by atoms with van der Waals surface area (Å²) in [5, 5.41) is 2.82. The molecular weight excluding hydrogens is 404 g/mol. The van der Waals surface area contributed by atoms with Gasteiger partial charge >= 0.3 is 0 Å². The number of oxazole rings is 1. The minimum atomic E-state index is -3.52. The number of aromatic nitrogens is 1. The maximum atomic E-state index is 12.6. The monoisotopic (exact) mass is 428 g/mol. The molecule has 0 saturated heterocycles. The van der Waals surface area contributed by atoms with Gasteiger partial charge in [-0.25, -0.2) is 13.4 Å². The third-order valence-electron chi connectivity index (χ3n) is 4.53. The number of benzene rings is 2. The Bertz CT molecular complexity index is 1090. The molecule has 0 atom stereocenters. The molecule has 3 rings (SSSR count). The fourth-order valence-electron chi connectivity index (χ4n) is 2.86. The predicted octanol–water partition coefficient (Wildman–Crippen LogP) is 3.39. The molecule has 0 bridgehead atoms. The van der Waals surface area contributed by atoms with Crippen LogP contribution in [0.2, 0.25) is 0 Å². The molecule has 0 saturated carbocycles. The van der Waals surface area contributed by atoms with E-state index in [1.54, 1.807) is 68.6 Å². The lowest BCUT2D eigenvalue weighted by molar-refractivity contribution is 0.0948. The lowest BCUT2D eigenvalue weighted by Gasteiger charge is -2.05. The Kier molecular flexibility index (Phi) is 7.02. The highest BCUT2D eigenvalue weighted by molar-refractivity contribution is 7.90. The number of sulfone groups is 1. The number of ether oxygens (including phenoxy) is 1. The standard InChI is InChI=1S/C22H24N2O5S/c1-16-20(15-30(26,27)19-7-4-3-5-8-19)24-22(29-16)18-11-9-17(10-12-18)21(25)23-13-6-14-28-2/h3-5,7-12H,6,13-15H2,1-2H3,(H,23,25). The van der Waals surface area contributed by atoms with Gasteiger partial charge in [-0.3, -0.25) is 4.79 Å². The Hall–Kier alpha value is -2.97. The fraction of sp³-hybridized carbons (Fsp3) is 0.273. The first-order valence-corrected chi connectivity index (χ1v) is 11.2.